The molecule has 3 heteroatoms. The number of aliphatic hydroxyl groups is 1. The largest absolute Gasteiger partial charge is 0.497 e. The first-order valence-electron chi connectivity index (χ1n) is 4.72. The van der Waals surface area contributed by atoms with Crippen LogP contribution in [0.4, 0.5) is 0 Å². The zero-order valence-corrected chi connectivity index (χ0v) is 8.19. The minimum atomic E-state index is -0.297. The van der Waals surface area contributed by atoms with Gasteiger partial charge in [0.25, 0.3) is 0 Å². The fourth-order valence-electron chi connectivity index (χ4n) is 1.33. The van der Waals surface area contributed by atoms with E-state index in [9.17, 15) is 0 Å². The predicted octanol–water partition coefficient (Wildman–Crippen LogP) is 1.60. The van der Waals surface area contributed by atoms with E-state index in [0.29, 0.717) is 0 Å². The normalized spacial score (nSPS) is 17.6. The zero-order valence-electron chi connectivity index (χ0n) is 8.19. The summed E-state index contributed by atoms with van der Waals surface area (Å²) in [4.78, 5) is 0. The molecular formula is C11H14O3. The van der Waals surface area contributed by atoms with Crippen molar-refractivity contribution in [3.63, 3.8) is 0 Å². The maximum atomic E-state index is 9.07. The number of rotatable bonds is 4. The van der Waals surface area contributed by atoms with Crippen molar-refractivity contribution in [2.45, 2.75) is 18.4 Å². The van der Waals surface area contributed by atoms with E-state index in [1.807, 2.05) is 24.3 Å². The van der Waals surface area contributed by atoms with Crippen LogP contribution in [0.2, 0.25) is 0 Å². The van der Waals surface area contributed by atoms with Gasteiger partial charge in [0.05, 0.1) is 13.7 Å². The van der Waals surface area contributed by atoms with Crippen LogP contribution in [0.5, 0.6) is 11.5 Å². The van der Waals surface area contributed by atoms with Crippen LogP contribution in [0.15, 0.2) is 24.3 Å². The lowest BCUT2D eigenvalue weighted by molar-refractivity contribution is 0.0953. The Morgan fingerprint density at radius 1 is 1.21 bits per heavy atom. The maximum Gasteiger partial charge on any atom is 0.132 e. The molecule has 2 rings (SSSR count). The second-order valence-corrected chi connectivity index (χ2v) is 3.62. The van der Waals surface area contributed by atoms with Gasteiger partial charge in [-0.15, -0.1) is 0 Å². The molecule has 1 N–H and O–H groups in total. The zero-order chi connectivity index (χ0) is 10.0. The van der Waals surface area contributed by atoms with Crippen LogP contribution in [-0.2, 0) is 0 Å². The lowest BCUT2D eigenvalue weighted by atomic mass is 10.3. The average Bonchev–Trinajstić information content (AvgIpc) is 3.00. The molecule has 0 aromatic heterocycles. The highest BCUT2D eigenvalue weighted by molar-refractivity contribution is 5.32. The Balaban J connectivity index is 2.03. The Labute approximate surface area is 83.3 Å². The van der Waals surface area contributed by atoms with Crippen LogP contribution in [0, 0.1) is 0 Å². The average molecular weight is 194 g/mol. The van der Waals surface area contributed by atoms with Crippen LogP contribution in [-0.4, -0.2) is 24.4 Å². The molecule has 0 spiro atoms. The number of methoxy groups -OCH3 is 1. The summed E-state index contributed by atoms with van der Waals surface area (Å²) in [5.41, 5.74) is -0.297. The third-order valence-electron chi connectivity index (χ3n) is 2.49. The Morgan fingerprint density at radius 2 is 1.79 bits per heavy atom. The number of hydrogen-bond donors (Lipinski definition) is 1. The van der Waals surface area contributed by atoms with Crippen molar-refractivity contribution < 1.29 is 14.6 Å². The molecule has 0 unspecified atom stereocenters. The van der Waals surface area contributed by atoms with E-state index >= 15 is 0 Å². The van der Waals surface area contributed by atoms with E-state index in [2.05, 4.69) is 0 Å². The van der Waals surface area contributed by atoms with Crippen molar-refractivity contribution in [3.8, 4) is 11.5 Å². The second-order valence-electron chi connectivity index (χ2n) is 3.62. The van der Waals surface area contributed by atoms with Crippen molar-refractivity contribution in [1.29, 1.82) is 0 Å². The van der Waals surface area contributed by atoms with Crippen LogP contribution < -0.4 is 9.47 Å². The van der Waals surface area contributed by atoms with Gasteiger partial charge in [-0.1, -0.05) is 0 Å². The molecule has 0 heterocycles. The molecule has 76 valence electrons. The summed E-state index contributed by atoms with van der Waals surface area (Å²) in [6.07, 6.45) is 1.88. The molecular weight excluding hydrogens is 180 g/mol. The molecule has 0 bridgehead atoms. The second kappa shape index (κ2) is 3.50. The molecule has 1 fully saturated rings. The van der Waals surface area contributed by atoms with Crippen molar-refractivity contribution in [1.82, 2.24) is 0 Å². The van der Waals surface area contributed by atoms with Crippen LogP contribution in [0.25, 0.3) is 0 Å². The quantitative estimate of drug-likeness (QED) is 0.791. The SMILES string of the molecule is COc1ccc(OC2(CO)CC2)cc1. The molecule has 1 saturated carbocycles. The molecule has 1 aliphatic carbocycles. The van der Waals surface area contributed by atoms with Gasteiger partial charge in [0, 0.05) is 0 Å². The molecule has 0 atom stereocenters. The minimum absolute atomic E-state index is 0.0963. The van der Waals surface area contributed by atoms with E-state index in [0.717, 1.165) is 24.3 Å². The van der Waals surface area contributed by atoms with E-state index < -0.39 is 0 Å². The van der Waals surface area contributed by atoms with Gasteiger partial charge in [0.1, 0.15) is 17.1 Å². The first kappa shape index (κ1) is 9.34. The van der Waals surface area contributed by atoms with Crippen molar-refractivity contribution in [2.75, 3.05) is 13.7 Å². The van der Waals surface area contributed by atoms with Gasteiger partial charge in [-0.25, -0.2) is 0 Å². The molecule has 1 aromatic carbocycles. The van der Waals surface area contributed by atoms with Crippen LogP contribution >= 0.6 is 0 Å². The molecule has 3 nitrogen and oxygen atoms in total. The maximum absolute atomic E-state index is 9.07. The monoisotopic (exact) mass is 194 g/mol. The molecule has 0 radical (unpaired) electrons. The van der Waals surface area contributed by atoms with E-state index in [1.165, 1.54) is 0 Å². The summed E-state index contributed by atoms with van der Waals surface area (Å²) >= 11 is 0. The lowest BCUT2D eigenvalue weighted by Gasteiger charge is -2.15. The molecule has 1 aliphatic rings. The topological polar surface area (TPSA) is 38.7 Å². The highest BCUT2D eigenvalue weighted by Crippen LogP contribution is 2.39. The van der Waals surface area contributed by atoms with Crippen LogP contribution in [0.1, 0.15) is 12.8 Å². The number of benzene rings is 1. The summed E-state index contributed by atoms with van der Waals surface area (Å²) in [6, 6.07) is 7.41. The summed E-state index contributed by atoms with van der Waals surface area (Å²) in [5, 5.41) is 9.07. The Kier molecular flexibility index (Phi) is 2.33. The van der Waals surface area contributed by atoms with E-state index in [-0.39, 0.29) is 12.2 Å². The Hall–Kier alpha value is -1.22. The summed E-state index contributed by atoms with van der Waals surface area (Å²) in [6.45, 7) is 0.0963. The number of aliphatic hydroxyl groups excluding tert-OH is 1. The molecule has 0 saturated heterocycles. The molecule has 0 amide bonds. The van der Waals surface area contributed by atoms with Gasteiger partial charge < -0.3 is 14.6 Å². The first-order chi connectivity index (χ1) is 6.78. The fraction of sp³-hybridized carbons (Fsp3) is 0.455. The third kappa shape index (κ3) is 1.82. The minimum Gasteiger partial charge on any atom is -0.497 e. The lowest BCUT2D eigenvalue weighted by Crippen LogP contribution is -2.22. The first-order valence-corrected chi connectivity index (χ1v) is 4.72. The summed E-state index contributed by atoms with van der Waals surface area (Å²) < 4.78 is 10.7. The van der Waals surface area contributed by atoms with Gasteiger partial charge in [-0.05, 0) is 37.1 Å². The predicted molar refractivity (Wildman–Crippen MR) is 52.7 cm³/mol. The third-order valence-corrected chi connectivity index (χ3v) is 2.49. The number of hydrogen-bond acceptors (Lipinski definition) is 3. The van der Waals surface area contributed by atoms with E-state index in [1.54, 1.807) is 7.11 Å². The van der Waals surface area contributed by atoms with Crippen molar-refractivity contribution in [2.24, 2.45) is 0 Å². The molecule has 1 aromatic rings. The Morgan fingerprint density at radius 3 is 2.21 bits per heavy atom. The fourth-order valence-corrected chi connectivity index (χ4v) is 1.33. The summed E-state index contributed by atoms with van der Waals surface area (Å²) in [7, 11) is 1.63. The molecule has 14 heavy (non-hydrogen) atoms. The van der Waals surface area contributed by atoms with Gasteiger partial charge in [-0.2, -0.15) is 0 Å². The van der Waals surface area contributed by atoms with Crippen LogP contribution in [0.3, 0.4) is 0 Å². The van der Waals surface area contributed by atoms with Crippen molar-refractivity contribution in [3.05, 3.63) is 24.3 Å². The van der Waals surface area contributed by atoms with Crippen molar-refractivity contribution >= 4 is 0 Å². The Bertz CT molecular complexity index is 301. The van der Waals surface area contributed by atoms with Gasteiger partial charge in [-0.3, -0.25) is 0 Å². The highest BCUT2D eigenvalue weighted by Gasteiger charge is 2.44. The summed E-state index contributed by atoms with van der Waals surface area (Å²) in [5.74, 6) is 1.60. The standard InChI is InChI=1S/C11H14O3/c1-13-9-2-4-10(5-3-9)14-11(8-12)6-7-11/h2-5,12H,6-8H2,1H3. The van der Waals surface area contributed by atoms with Gasteiger partial charge in [0.15, 0.2) is 0 Å². The van der Waals surface area contributed by atoms with Gasteiger partial charge in [0.2, 0.25) is 0 Å². The smallest absolute Gasteiger partial charge is 0.132 e. The highest BCUT2D eigenvalue weighted by atomic mass is 16.5. The van der Waals surface area contributed by atoms with Gasteiger partial charge >= 0.3 is 0 Å². The number of ether oxygens (including phenoxy) is 2. The molecule has 0 aliphatic heterocycles. The van der Waals surface area contributed by atoms with E-state index in [4.69, 9.17) is 14.6 Å².